The summed E-state index contributed by atoms with van der Waals surface area (Å²) in [6, 6.07) is -0.00868. The molecule has 96 valence electrons. The first-order valence-corrected chi connectivity index (χ1v) is 8.33. The molecule has 0 spiro atoms. The van der Waals surface area contributed by atoms with Gasteiger partial charge in [0.15, 0.2) is 9.84 Å². The zero-order valence-corrected chi connectivity index (χ0v) is 11.4. The van der Waals surface area contributed by atoms with Crippen LogP contribution < -0.4 is 5.73 Å². The molecule has 1 aliphatic rings. The van der Waals surface area contributed by atoms with Crippen molar-refractivity contribution < 1.29 is 13.2 Å². The molecule has 0 aliphatic carbocycles. The summed E-state index contributed by atoms with van der Waals surface area (Å²) in [5.74, 6) is 1.57. The summed E-state index contributed by atoms with van der Waals surface area (Å²) in [5, 5.41) is -0.421. The van der Waals surface area contributed by atoms with E-state index in [0.717, 1.165) is 12.3 Å². The van der Waals surface area contributed by atoms with Gasteiger partial charge in [-0.3, -0.25) is 4.90 Å². The van der Waals surface area contributed by atoms with Gasteiger partial charge in [0.05, 0.1) is 6.61 Å². The standard InChI is InChI=1S/C9H20N2O3S2/c1-14-6-8(5-10)11-3-4-15-7-9(11)16(2,12)13/h8-9H,3-7,10H2,1-2H3. The Kier molecular flexibility index (Phi) is 5.52. The predicted octanol–water partition coefficient (Wildman–Crippen LogP) is -0.620. The van der Waals surface area contributed by atoms with Gasteiger partial charge in [0, 0.05) is 44.0 Å². The summed E-state index contributed by atoms with van der Waals surface area (Å²) >= 11 is 1.68. The van der Waals surface area contributed by atoms with Crippen molar-refractivity contribution in [3.05, 3.63) is 0 Å². The molecule has 1 heterocycles. The van der Waals surface area contributed by atoms with E-state index in [1.807, 2.05) is 4.90 Å². The molecule has 0 amide bonds. The minimum absolute atomic E-state index is 0.00868. The SMILES string of the molecule is COCC(CN)N1CCSCC1S(C)(=O)=O. The van der Waals surface area contributed by atoms with Crippen molar-refractivity contribution in [1.82, 2.24) is 4.90 Å². The van der Waals surface area contributed by atoms with Gasteiger partial charge in [-0.25, -0.2) is 8.42 Å². The van der Waals surface area contributed by atoms with Crippen molar-refractivity contribution in [2.75, 3.05) is 44.6 Å². The second-order valence-corrected chi connectivity index (χ2v) is 7.29. The molecular weight excluding hydrogens is 248 g/mol. The van der Waals surface area contributed by atoms with E-state index in [-0.39, 0.29) is 6.04 Å². The Labute approximate surface area is 102 Å². The van der Waals surface area contributed by atoms with Gasteiger partial charge in [0.1, 0.15) is 5.37 Å². The highest BCUT2D eigenvalue weighted by Crippen LogP contribution is 2.22. The summed E-state index contributed by atoms with van der Waals surface area (Å²) < 4.78 is 28.5. The first kappa shape index (κ1) is 14.2. The van der Waals surface area contributed by atoms with Crippen LogP contribution in [0.4, 0.5) is 0 Å². The Balaban J connectivity index is 2.80. The van der Waals surface area contributed by atoms with Crippen LogP contribution in [0.15, 0.2) is 0 Å². The molecule has 1 fully saturated rings. The fourth-order valence-electron chi connectivity index (χ4n) is 1.87. The lowest BCUT2D eigenvalue weighted by Crippen LogP contribution is -2.55. The first-order valence-electron chi connectivity index (χ1n) is 5.22. The zero-order chi connectivity index (χ0) is 12.2. The average molecular weight is 268 g/mol. The normalized spacial score (nSPS) is 25.6. The van der Waals surface area contributed by atoms with Crippen LogP contribution in [0.1, 0.15) is 0 Å². The van der Waals surface area contributed by atoms with Gasteiger partial charge in [-0.2, -0.15) is 11.8 Å². The maximum absolute atomic E-state index is 11.7. The molecule has 7 heteroatoms. The Morgan fingerprint density at radius 3 is 2.81 bits per heavy atom. The lowest BCUT2D eigenvalue weighted by molar-refractivity contribution is 0.0915. The third-order valence-corrected chi connectivity index (χ3v) is 5.38. The van der Waals surface area contributed by atoms with E-state index in [4.69, 9.17) is 10.5 Å². The Bertz CT molecular complexity index is 308. The van der Waals surface area contributed by atoms with Crippen molar-refractivity contribution in [2.45, 2.75) is 11.4 Å². The molecule has 16 heavy (non-hydrogen) atoms. The van der Waals surface area contributed by atoms with Crippen LogP contribution in [0.3, 0.4) is 0 Å². The van der Waals surface area contributed by atoms with Gasteiger partial charge in [0.25, 0.3) is 0 Å². The number of hydrogen-bond donors (Lipinski definition) is 1. The van der Waals surface area contributed by atoms with Gasteiger partial charge in [-0.15, -0.1) is 0 Å². The molecule has 0 aromatic heterocycles. The van der Waals surface area contributed by atoms with Crippen molar-refractivity contribution in [1.29, 1.82) is 0 Å². The van der Waals surface area contributed by atoms with Crippen molar-refractivity contribution in [3.8, 4) is 0 Å². The molecule has 0 aromatic rings. The largest absolute Gasteiger partial charge is 0.383 e. The lowest BCUT2D eigenvalue weighted by atomic mass is 10.2. The van der Waals surface area contributed by atoms with Crippen molar-refractivity contribution in [3.63, 3.8) is 0 Å². The highest BCUT2D eigenvalue weighted by molar-refractivity contribution is 8.00. The van der Waals surface area contributed by atoms with Crippen LogP contribution in [0.2, 0.25) is 0 Å². The van der Waals surface area contributed by atoms with Crippen molar-refractivity contribution in [2.24, 2.45) is 5.73 Å². The first-order chi connectivity index (χ1) is 7.50. The second kappa shape index (κ2) is 6.20. The molecular formula is C9H20N2O3S2. The minimum Gasteiger partial charge on any atom is -0.383 e. The highest BCUT2D eigenvalue weighted by Gasteiger charge is 2.34. The summed E-state index contributed by atoms with van der Waals surface area (Å²) in [7, 11) is -1.45. The molecule has 2 atom stereocenters. The molecule has 1 saturated heterocycles. The number of thioether (sulfide) groups is 1. The fourth-order valence-corrected chi connectivity index (χ4v) is 4.82. The van der Waals surface area contributed by atoms with Crippen LogP contribution in [-0.2, 0) is 14.6 Å². The molecule has 1 rings (SSSR count). The smallest absolute Gasteiger partial charge is 0.164 e. The summed E-state index contributed by atoms with van der Waals surface area (Å²) in [6.07, 6.45) is 1.29. The molecule has 0 radical (unpaired) electrons. The Morgan fingerprint density at radius 2 is 2.31 bits per heavy atom. The molecule has 2 unspecified atom stereocenters. The molecule has 0 saturated carbocycles. The number of methoxy groups -OCH3 is 1. The summed E-state index contributed by atoms with van der Waals surface area (Å²) in [4.78, 5) is 1.97. The van der Waals surface area contributed by atoms with E-state index in [0.29, 0.717) is 18.9 Å². The third-order valence-electron chi connectivity index (χ3n) is 2.72. The number of rotatable bonds is 5. The van der Waals surface area contributed by atoms with E-state index in [9.17, 15) is 8.42 Å². The minimum atomic E-state index is -3.05. The van der Waals surface area contributed by atoms with E-state index >= 15 is 0 Å². The number of hydrogen-bond acceptors (Lipinski definition) is 6. The quantitative estimate of drug-likeness (QED) is 0.716. The third kappa shape index (κ3) is 3.59. The highest BCUT2D eigenvalue weighted by atomic mass is 32.2. The number of ether oxygens (including phenoxy) is 1. The molecule has 2 N–H and O–H groups in total. The maximum Gasteiger partial charge on any atom is 0.164 e. The van der Waals surface area contributed by atoms with E-state index in [1.54, 1.807) is 18.9 Å². The van der Waals surface area contributed by atoms with Gasteiger partial charge in [-0.05, 0) is 0 Å². The van der Waals surface area contributed by atoms with E-state index in [1.165, 1.54) is 6.26 Å². The van der Waals surface area contributed by atoms with Gasteiger partial charge < -0.3 is 10.5 Å². The van der Waals surface area contributed by atoms with Crippen LogP contribution >= 0.6 is 11.8 Å². The zero-order valence-electron chi connectivity index (χ0n) is 9.76. The van der Waals surface area contributed by atoms with Crippen LogP contribution in [0.25, 0.3) is 0 Å². The van der Waals surface area contributed by atoms with Crippen LogP contribution in [0.5, 0.6) is 0 Å². The van der Waals surface area contributed by atoms with Gasteiger partial charge in [-0.1, -0.05) is 0 Å². The van der Waals surface area contributed by atoms with Crippen LogP contribution in [0, 0.1) is 0 Å². The molecule has 1 aliphatic heterocycles. The van der Waals surface area contributed by atoms with Gasteiger partial charge >= 0.3 is 0 Å². The van der Waals surface area contributed by atoms with E-state index in [2.05, 4.69) is 0 Å². The average Bonchev–Trinajstić information content (AvgIpc) is 2.25. The molecule has 0 bridgehead atoms. The molecule has 5 nitrogen and oxygen atoms in total. The van der Waals surface area contributed by atoms with E-state index < -0.39 is 15.2 Å². The maximum atomic E-state index is 11.7. The van der Waals surface area contributed by atoms with Crippen molar-refractivity contribution >= 4 is 21.6 Å². The Hall–Kier alpha value is 0.180. The summed E-state index contributed by atoms with van der Waals surface area (Å²) in [5.41, 5.74) is 5.67. The number of nitrogens with two attached hydrogens (primary N) is 1. The summed E-state index contributed by atoms with van der Waals surface area (Å²) in [6.45, 7) is 1.66. The van der Waals surface area contributed by atoms with Crippen LogP contribution in [-0.4, -0.2) is 69.3 Å². The predicted molar refractivity (Wildman–Crippen MR) is 67.4 cm³/mol. The Morgan fingerprint density at radius 1 is 1.62 bits per heavy atom. The second-order valence-electron chi connectivity index (χ2n) is 3.94. The van der Waals surface area contributed by atoms with Gasteiger partial charge in [0.2, 0.25) is 0 Å². The fraction of sp³-hybridized carbons (Fsp3) is 1.00. The topological polar surface area (TPSA) is 72.6 Å². The number of sulfone groups is 1. The molecule has 0 aromatic carbocycles. The monoisotopic (exact) mass is 268 g/mol. The lowest BCUT2D eigenvalue weighted by Gasteiger charge is -2.39. The number of nitrogens with zero attached hydrogens (tertiary/aromatic N) is 1.